The molecule has 0 spiro atoms. The molecule has 1 aromatic carbocycles. The smallest absolute Gasteiger partial charge is 0.147 e. The first kappa shape index (κ1) is 15.9. The van der Waals surface area contributed by atoms with Crippen LogP contribution in [0.5, 0.6) is 0 Å². The van der Waals surface area contributed by atoms with E-state index in [2.05, 4.69) is 17.2 Å². The van der Waals surface area contributed by atoms with Gasteiger partial charge in [-0.1, -0.05) is 31.2 Å². The highest BCUT2D eigenvalue weighted by molar-refractivity contribution is 7.90. The molecule has 4 nitrogen and oxygen atoms in total. The van der Waals surface area contributed by atoms with E-state index in [1.165, 1.54) is 6.26 Å². The Kier molecular flexibility index (Phi) is 5.31. The number of fused-ring (bicyclic) bond motifs is 1. The molecular formula is C16H22N2O2S. The summed E-state index contributed by atoms with van der Waals surface area (Å²) in [5, 5.41) is 4.53. The van der Waals surface area contributed by atoms with E-state index >= 15 is 0 Å². The number of benzene rings is 1. The first-order chi connectivity index (χ1) is 10.0. The standard InChI is InChI=1S/C16H22N2O2S/c1-3-10-17-15(9-12-21(2,19)20)14-8-4-6-13-7-5-11-18-16(13)14/h4-8,11,15,17H,3,9-10,12H2,1-2H3. The molecule has 1 atom stereocenters. The molecule has 2 rings (SSSR count). The molecule has 0 radical (unpaired) electrons. The Labute approximate surface area is 126 Å². The van der Waals surface area contributed by atoms with Gasteiger partial charge >= 0.3 is 0 Å². The zero-order chi connectivity index (χ0) is 15.3. The summed E-state index contributed by atoms with van der Waals surface area (Å²) in [6, 6.07) is 10.0. The van der Waals surface area contributed by atoms with Crippen LogP contribution in [0, 0.1) is 0 Å². The molecule has 0 aliphatic carbocycles. The van der Waals surface area contributed by atoms with Crippen LogP contribution < -0.4 is 5.32 Å². The van der Waals surface area contributed by atoms with Crippen LogP contribution in [0.4, 0.5) is 0 Å². The predicted molar refractivity (Wildman–Crippen MR) is 87.1 cm³/mol. The molecule has 2 aromatic rings. The normalized spacial score (nSPS) is 13.4. The lowest BCUT2D eigenvalue weighted by Crippen LogP contribution is -2.24. The topological polar surface area (TPSA) is 59.1 Å². The molecule has 1 unspecified atom stereocenters. The summed E-state index contributed by atoms with van der Waals surface area (Å²) < 4.78 is 22.9. The van der Waals surface area contributed by atoms with Gasteiger partial charge in [-0.3, -0.25) is 4.98 Å². The molecule has 1 N–H and O–H groups in total. The van der Waals surface area contributed by atoms with Crippen molar-refractivity contribution in [1.82, 2.24) is 10.3 Å². The Balaban J connectivity index is 2.33. The van der Waals surface area contributed by atoms with Gasteiger partial charge in [-0.2, -0.15) is 0 Å². The lowest BCUT2D eigenvalue weighted by Gasteiger charge is -2.20. The second-order valence-electron chi connectivity index (χ2n) is 5.35. The lowest BCUT2D eigenvalue weighted by molar-refractivity contribution is 0.516. The zero-order valence-electron chi connectivity index (χ0n) is 12.5. The number of nitrogens with zero attached hydrogens (tertiary/aromatic N) is 1. The fraction of sp³-hybridized carbons (Fsp3) is 0.438. The molecule has 1 aromatic heterocycles. The fourth-order valence-electron chi connectivity index (χ4n) is 2.43. The van der Waals surface area contributed by atoms with Crippen LogP contribution in [0.25, 0.3) is 10.9 Å². The van der Waals surface area contributed by atoms with E-state index in [-0.39, 0.29) is 11.8 Å². The van der Waals surface area contributed by atoms with E-state index in [0.29, 0.717) is 6.42 Å². The van der Waals surface area contributed by atoms with Crippen molar-refractivity contribution in [3.63, 3.8) is 0 Å². The minimum atomic E-state index is -2.97. The van der Waals surface area contributed by atoms with Crippen molar-refractivity contribution in [2.24, 2.45) is 0 Å². The maximum Gasteiger partial charge on any atom is 0.147 e. The van der Waals surface area contributed by atoms with Gasteiger partial charge in [0, 0.05) is 23.9 Å². The summed E-state index contributed by atoms with van der Waals surface area (Å²) in [4.78, 5) is 4.47. The van der Waals surface area contributed by atoms with Gasteiger partial charge in [-0.25, -0.2) is 8.42 Å². The number of sulfone groups is 1. The fourth-order valence-corrected chi connectivity index (χ4v) is 3.09. The van der Waals surface area contributed by atoms with Gasteiger partial charge in [-0.05, 0) is 31.0 Å². The summed E-state index contributed by atoms with van der Waals surface area (Å²) in [6.45, 7) is 2.96. The molecule has 0 bridgehead atoms. The van der Waals surface area contributed by atoms with E-state index < -0.39 is 9.84 Å². The van der Waals surface area contributed by atoms with E-state index in [0.717, 1.165) is 29.4 Å². The van der Waals surface area contributed by atoms with Gasteiger partial charge in [0.05, 0.1) is 11.3 Å². The van der Waals surface area contributed by atoms with Crippen molar-refractivity contribution in [3.05, 3.63) is 42.1 Å². The molecule has 0 saturated heterocycles. The second kappa shape index (κ2) is 7.00. The van der Waals surface area contributed by atoms with Crippen molar-refractivity contribution >= 4 is 20.7 Å². The summed E-state index contributed by atoms with van der Waals surface area (Å²) in [5.41, 5.74) is 2.02. The number of hydrogen-bond acceptors (Lipinski definition) is 4. The Morgan fingerprint density at radius 1 is 1.24 bits per heavy atom. The van der Waals surface area contributed by atoms with Crippen molar-refractivity contribution in [2.75, 3.05) is 18.6 Å². The molecular weight excluding hydrogens is 284 g/mol. The zero-order valence-corrected chi connectivity index (χ0v) is 13.4. The van der Waals surface area contributed by atoms with Crippen molar-refractivity contribution in [2.45, 2.75) is 25.8 Å². The highest BCUT2D eigenvalue weighted by Crippen LogP contribution is 2.25. The van der Waals surface area contributed by atoms with Crippen LogP contribution in [-0.4, -0.2) is 32.0 Å². The summed E-state index contributed by atoms with van der Waals surface area (Å²) in [5.74, 6) is 0.178. The Morgan fingerprint density at radius 2 is 2.00 bits per heavy atom. The van der Waals surface area contributed by atoms with Crippen molar-refractivity contribution in [1.29, 1.82) is 0 Å². The minimum Gasteiger partial charge on any atom is -0.310 e. The predicted octanol–water partition coefficient (Wildman–Crippen LogP) is 2.71. The van der Waals surface area contributed by atoms with Crippen LogP contribution in [-0.2, 0) is 9.84 Å². The van der Waals surface area contributed by atoms with E-state index in [4.69, 9.17) is 0 Å². The van der Waals surface area contributed by atoms with Crippen LogP contribution >= 0.6 is 0 Å². The summed E-state index contributed by atoms with van der Waals surface area (Å²) in [6.07, 6.45) is 4.63. The SMILES string of the molecule is CCCNC(CCS(C)(=O)=O)c1cccc2cccnc12. The number of hydrogen-bond donors (Lipinski definition) is 1. The quantitative estimate of drug-likeness (QED) is 0.854. The van der Waals surface area contributed by atoms with Crippen LogP contribution in [0.2, 0.25) is 0 Å². The van der Waals surface area contributed by atoms with Gasteiger partial charge in [0.2, 0.25) is 0 Å². The van der Waals surface area contributed by atoms with E-state index in [1.807, 2.05) is 30.3 Å². The minimum absolute atomic E-state index is 0.0123. The number of nitrogens with one attached hydrogen (secondary N) is 1. The number of para-hydroxylation sites is 1. The van der Waals surface area contributed by atoms with Crippen molar-refractivity contribution in [3.8, 4) is 0 Å². The highest BCUT2D eigenvalue weighted by atomic mass is 32.2. The monoisotopic (exact) mass is 306 g/mol. The average molecular weight is 306 g/mol. The van der Waals surface area contributed by atoms with Gasteiger partial charge in [0.25, 0.3) is 0 Å². The molecule has 114 valence electrons. The second-order valence-corrected chi connectivity index (χ2v) is 7.61. The van der Waals surface area contributed by atoms with Gasteiger partial charge in [0.15, 0.2) is 0 Å². The third kappa shape index (κ3) is 4.51. The molecule has 0 amide bonds. The average Bonchev–Trinajstić information content (AvgIpc) is 2.46. The van der Waals surface area contributed by atoms with Crippen LogP contribution in [0.3, 0.4) is 0 Å². The highest BCUT2D eigenvalue weighted by Gasteiger charge is 2.16. The van der Waals surface area contributed by atoms with Gasteiger partial charge in [-0.15, -0.1) is 0 Å². The maximum absolute atomic E-state index is 11.5. The Hall–Kier alpha value is -1.46. The van der Waals surface area contributed by atoms with Gasteiger partial charge < -0.3 is 5.32 Å². The number of aromatic nitrogens is 1. The molecule has 0 saturated carbocycles. The van der Waals surface area contributed by atoms with Crippen LogP contribution in [0.1, 0.15) is 31.4 Å². The van der Waals surface area contributed by atoms with Gasteiger partial charge in [0.1, 0.15) is 9.84 Å². The third-order valence-electron chi connectivity index (χ3n) is 3.46. The first-order valence-electron chi connectivity index (χ1n) is 7.26. The number of pyridine rings is 1. The molecule has 5 heteroatoms. The van der Waals surface area contributed by atoms with E-state index in [9.17, 15) is 8.42 Å². The van der Waals surface area contributed by atoms with Crippen molar-refractivity contribution < 1.29 is 8.42 Å². The Bertz CT molecular complexity index is 693. The number of rotatable bonds is 7. The maximum atomic E-state index is 11.5. The van der Waals surface area contributed by atoms with E-state index in [1.54, 1.807) is 6.20 Å². The summed E-state index contributed by atoms with van der Waals surface area (Å²) in [7, 11) is -2.97. The molecule has 1 heterocycles. The Morgan fingerprint density at radius 3 is 2.71 bits per heavy atom. The lowest BCUT2D eigenvalue weighted by atomic mass is 10.0. The molecule has 21 heavy (non-hydrogen) atoms. The summed E-state index contributed by atoms with van der Waals surface area (Å²) >= 11 is 0. The molecule has 0 aliphatic rings. The van der Waals surface area contributed by atoms with Crippen LogP contribution in [0.15, 0.2) is 36.5 Å². The third-order valence-corrected chi connectivity index (χ3v) is 4.43. The largest absolute Gasteiger partial charge is 0.310 e. The first-order valence-corrected chi connectivity index (χ1v) is 9.32. The molecule has 0 aliphatic heterocycles. The molecule has 0 fully saturated rings.